The summed E-state index contributed by atoms with van der Waals surface area (Å²) < 4.78 is 4.74. The minimum atomic E-state index is -0.634. The van der Waals surface area contributed by atoms with Gasteiger partial charge in [0.15, 0.2) is 0 Å². The molecular weight excluding hydrogens is 396 g/mol. The van der Waals surface area contributed by atoms with Gasteiger partial charge in [0.1, 0.15) is 11.4 Å². The third-order valence-corrected chi connectivity index (χ3v) is 6.60. The van der Waals surface area contributed by atoms with Crippen LogP contribution in [-0.4, -0.2) is 53.9 Å². The van der Waals surface area contributed by atoms with Crippen LogP contribution in [0.15, 0.2) is 29.2 Å². The minimum absolute atomic E-state index is 0.0416. The first-order chi connectivity index (χ1) is 13.5. The van der Waals surface area contributed by atoms with E-state index >= 15 is 0 Å². The Morgan fingerprint density at radius 1 is 1.32 bits per heavy atom. The van der Waals surface area contributed by atoms with Crippen molar-refractivity contribution in [3.05, 3.63) is 29.8 Å². The van der Waals surface area contributed by atoms with Gasteiger partial charge in [0.05, 0.1) is 12.9 Å². The van der Waals surface area contributed by atoms with Gasteiger partial charge in [-0.1, -0.05) is 19.1 Å². The fourth-order valence-electron chi connectivity index (χ4n) is 3.13. The number of nitrogens with zero attached hydrogens (tertiary/aromatic N) is 1. The van der Waals surface area contributed by atoms with Crippen molar-refractivity contribution in [1.82, 2.24) is 10.2 Å². The Labute approximate surface area is 175 Å². The molecule has 1 saturated heterocycles. The molecule has 1 fully saturated rings. The molecule has 1 heterocycles. The lowest BCUT2D eigenvalue weighted by Crippen LogP contribution is -2.40. The van der Waals surface area contributed by atoms with Crippen molar-refractivity contribution >= 4 is 41.3 Å². The highest BCUT2D eigenvalue weighted by molar-refractivity contribution is 8.00. The summed E-state index contributed by atoms with van der Waals surface area (Å²) in [4.78, 5) is 38.5. The van der Waals surface area contributed by atoms with Crippen LogP contribution in [0.1, 0.15) is 44.0 Å². The van der Waals surface area contributed by atoms with Crippen LogP contribution in [0.3, 0.4) is 0 Å². The van der Waals surface area contributed by atoms with Gasteiger partial charge in [-0.2, -0.15) is 0 Å². The van der Waals surface area contributed by atoms with Gasteiger partial charge in [-0.15, -0.1) is 23.5 Å². The molecular formula is C20H28N2O4S2. The van der Waals surface area contributed by atoms with E-state index in [0.29, 0.717) is 25.1 Å². The third kappa shape index (κ3) is 6.44. The molecule has 2 amide bonds. The van der Waals surface area contributed by atoms with Crippen molar-refractivity contribution in [3.8, 4) is 0 Å². The van der Waals surface area contributed by atoms with Crippen LogP contribution in [0.5, 0.6) is 0 Å². The number of carbonyl (C=O) groups is 3. The Morgan fingerprint density at radius 2 is 2.04 bits per heavy atom. The normalized spacial score (nSPS) is 17.5. The average Bonchev–Trinajstić information content (AvgIpc) is 3.04. The van der Waals surface area contributed by atoms with Gasteiger partial charge in [-0.05, 0) is 42.7 Å². The van der Waals surface area contributed by atoms with Gasteiger partial charge in [-0.25, -0.2) is 4.79 Å². The van der Waals surface area contributed by atoms with Crippen LogP contribution >= 0.6 is 23.5 Å². The van der Waals surface area contributed by atoms with Crippen LogP contribution in [-0.2, 0) is 19.1 Å². The quantitative estimate of drug-likeness (QED) is 0.353. The number of hydrogen-bond donors (Lipinski definition) is 1. The summed E-state index contributed by atoms with van der Waals surface area (Å²) in [6, 6.07) is 7.79. The van der Waals surface area contributed by atoms with Gasteiger partial charge >= 0.3 is 5.97 Å². The number of carbonyl (C=O) groups excluding carboxylic acids is 3. The Balaban J connectivity index is 1.89. The van der Waals surface area contributed by atoms with Gasteiger partial charge in [0, 0.05) is 18.4 Å². The number of rotatable bonds is 10. The Bertz CT molecular complexity index is 681. The first kappa shape index (κ1) is 22.6. The highest BCUT2D eigenvalue weighted by Crippen LogP contribution is 2.39. The van der Waals surface area contributed by atoms with Crippen LogP contribution in [0.4, 0.5) is 0 Å². The molecule has 0 radical (unpaired) electrons. The Morgan fingerprint density at radius 3 is 2.64 bits per heavy atom. The van der Waals surface area contributed by atoms with Crippen molar-refractivity contribution in [2.45, 2.75) is 49.4 Å². The summed E-state index contributed by atoms with van der Waals surface area (Å²) in [6.45, 7) is 4.14. The summed E-state index contributed by atoms with van der Waals surface area (Å²) in [5, 5.41) is 2.66. The second-order valence-electron chi connectivity index (χ2n) is 6.52. The molecule has 1 N–H and O–H groups in total. The maximum Gasteiger partial charge on any atom is 0.328 e. The van der Waals surface area contributed by atoms with Crippen LogP contribution in [0, 0.1) is 0 Å². The third-order valence-electron chi connectivity index (χ3n) is 4.45. The number of methoxy groups -OCH3 is 1. The molecule has 0 aliphatic carbocycles. The second kappa shape index (κ2) is 11.4. The molecule has 1 aromatic carbocycles. The van der Waals surface area contributed by atoms with Gasteiger partial charge < -0.3 is 15.0 Å². The van der Waals surface area contributed by atoms with E-state index in [1.54, 1.807) is 23.5 Å². The zero-order valence-electron chi connectivity index (χ0n) is 16.6. The van der Waals surface area contributed by atoms with Crippen LogP contribution in [0.25, 0.3) is 0 Å². The summed E-state index contributed by atoms with van der Waals surface area (Å²) >= 11 is 3.45. The summed E-state index contributed by atoms with van der Waals surface area (Å²) in [7, 11) is 1.31. The predicted molar refractivity (Wildman–Crippen MR) is 113 cm³/mol. The van der Waals surface area contributed by atoms with Gasteiger partial charge in [0.25, 0.3) is 0 Å². The Kier molecular flexibility index (Phi) is 9.18. The van der Waals surface area contributed by atoms with E-state index in [-0.39, 0.29) is 17.2 Å². The number of nitrogens with one attached hydrogen (secondary N) is 1. The number of esters is 1. The largest absolute Gasteiger partial charge is 0.467 e. The molecule has 154 valence electrons. The van der Waals surface area contributed by atoms with Crippen molar-refractivity contribution in [2.75, 3.05) is 25.2 Å². The second-order valence-corrected chi connectivity index (χ2v) is 8.93. The number of hydrogen-bond acceptors (Lipinski definition) is 6. The van der Waals surface area contributed by atoms with E-state index in [1.807, 2.05) is 4.90 Å². The molecule has 0 bridgehead atoms. The highest BCUT2D eigenvalue weighted by Gasteiger charge is 2.32. The molecule has 2 atom stereocenters. The molecule has 28 heavy (non-hydrogen) atoms. The molecule has 8 heteroatoms. The molecule has 6 nitrogen and oxygen atoms in total. The van der Waals surface area contributed by atoms with Crippen LogP contribution < -0.4 is 5.32 Å². The first-order valence-electron chi connectivity index (χ1n) is 9.45. The summed E-state index contributed by atoms with van der Waals surface area (Å²) in [5.41, 5.74) is 1.14. The molecule has 1 aliphatic rings. The number of amides is 2. The number of ether oxygens (including phenoxy) is 1. The molecule has 0 spiro atoms. The maximum absolute atomic E-state index is 12.3. The van der Waals surface area contributed by atoms with Gasteiger partial charge in [-0.3, -0.25) is 9.59 Å². The molecule has 1 aromatic rings. The van der Waals surface area contributed by atoms with Crippen molar-refractivity contribution < 1.29 is 19.1 Å². The molecule has 2 rings (SSSR count). The summed E-state index contributed by atoms with van der Waals surface area (Å²) in [5.74, 6) is 0.977. The fraction of sp³-hybridized carbons (Fsp3) is 0.550. The predicted octanol–water partition coefficient (Wildman–Crippen LogP) is 3.22. The molecule has 0 saturated carbocycles. The molecule has 0 aromatic heterocycles. The molecule has 1 aliphatic heterocycles. The Hall–Kier alpha value is -1.67. The van der Waals surface area contributed by atoms with E-state index in [1.165, 1.54) is 18.9 Å². The fourth-order valence-corrected chi connectivity index (χ4v) is 5.02. The number of benzene rings is 1. The molecule has 2 unspecified atom stereocenters. The highest BCUT2D eigenvalue weighted by atomic mass is 32.2. The van der Waals surface area contributed by atoms with E-state index in [9.17, 15) is 14.4 Å². The zero-order valence-corrected chi connectivity index (χ0v) is 18.2. The van der Waals surface area contributed by atoms with Gasteiger partial charge in [0.2, 0.25) is 11.8 Å². The zero-order chi connectivity index (χ0) is 20.5. The van der Waals surface area contributed by atoms with Crippen LogP contribution in [0.2, 0.25) is 0 Å². The lowest BCUT2D eigenvalue weighted by molar-refractivity contribution is -0.145. The first-order valence-corrected chi connectivity index (χ1v) is 11.5. The minimum Gasteiger partial charge on any atom is -0.467 e. The number of thioether (sulfide) groups is 2. The summed E-state index contributed by atoms with van der Waals surface area (Å²) in [6.07, 6.45) is 1.97. The SMILES string of the molecule is CCSc1ccc(C2SCC(=O)N2CCCCC(NC(C)=O)C(=O)OC)cc1. The lowest BCUT2D eigenvalue weighted by atomic mass is 10.1. The smallest absolute Gasteiger partial charge is 0.328 e. The van der Waals surface area contributed by atoms with E-state index in [0.717, 1.165) is 17.7 Å². The van der Waals surface area contributed by atoms with Crippen molar-refractivity contribution in [3.63, 3.8) is 0 Å². The topological polar surface area (TPSA) is 75.7 Å². The van der Waals surface area contributed by atoms with Crippen molar-refractivity contribution in [1.29, 1.82) is 0 Å². The lowest BCUT2D eigenvalue weighted by Gasteiger charge is -2.24. The monoisotopic (exact) mass is 424 g/mol. The maximum atomic E-state index is 12.3. The standard InChI is InChI=1S/C20H28N2O4S2/c1-4-27-16-10-8-15(9-11-16)19-22(18(24)13-28-19)12-6-5-7-17(20(25)26-3)21-14(2)23/h8-11,17,19H,4-7,12-13H2,1-3H3,(H,21,23). The van der Waals surface area contributed by atoms with E-state index < -0.39 is 12.0 Å². The van der Waals surface area contributed by atoms with E-state index in [4.69, 9.17) is 4.74 Å². The number of unbranched alkanes of at least 4 members (excludes halogenated alkanes) is 1. The van der Waals surface area contributed by atoms with Crippen molar-refractivity contribution in [2.24, 2.45) is 0 Å². The van der Waals surface area contributed by atoms with E-state index in [2.05, 4.69) is 36.5 Å². The average molecular weight is 425 g/mol.